The molecule has 0 aliphatic heterocycles. The lowest BCUT2D eigenvalue weighted by Crippen LogP contribution is -2.27. The number of carbonyl (C=O) groups excluding carboxylic acids is 1. The van der Waals surface area contributed by atoms with E-state index in [1.165, 1.54) is 30.3 Å². The first-order valence-electron chi connectivity index (χ1n) is 8.04. The number of hydrogen-bond acceptors (Lipinski definition) is 2. The summed E-state index contributed by atoms with van der Waals surface area (Å²) < 4.78 is 39.2. The van der Waals surface area contributed by atoms with Crippen molar-refractivity contribution < 1.29 is 18.0 Å². The molecule has 0 fully saturated rings. The summed E-state index contributed by atoms with van der Waals surface area (Å²) in [5.74, 6) is -0.612. The molecular formula is C20H13BrClF3N2O. The Labute approximate surface area is 172 Å². The van der Waals surface area contributed by atoms with Gasteiger partial charge in [-0.25, -0.2) is 0 Å². The first-order valence-corrected chi connectivity index (χ1v) is 9.21. The number of rotatable bonds is 3. The number of pyridine rings is 1. The van der Waals surface area contributed by atoms with Gasteiger partial charge in [0.25, 0.3) is 5.91 Å². The summed E-state index contributed by atoms with van der Waals surface area (Å²) in [5.41, 5.74) is 0.726. The van der Waals surface area contributed by atoms with Crippen molar-refractivity contribution in [1.29, 1.82) is 0 Å². The molecule has 3 rings (SSSR count). The first kappa shape index (κ1) is 20.4. The molecule has 0 atom stereocenters. The van der Waals surface area contributed by atoms with Crippen LogP contribution in [0.4, 0.5) is 18.9 Å². The number of amides is 1. The molecule has 0 aliphatic carbocycles. The fourth-order valence-corrected chi connectivity index (χ4v) is 3.66. The highest BCUT2D eigenvalue weighted by Gasteiger charge is 2.35. The lowest BCUT2D eigenvalue weighted by Gasteiger charge is -2.22. The fourth-order valence-electron chi connectivity index (χ4n) is 2.77. The minimum atomic E-state index is -4.58. The Hall–Kier alpha value is -2.38. The Kier molecular flexibility index (Phi) is 5.76. The van der Waals surface area contributed by atoms with E-state index in [9.17, 15) is 18.0 Å². The van der Waals surface area contributed by atoms with Crippen molar-refractivity contribution in [2.75, 3.05) is 11.9 Å². The molecule has 0 saturated heterocycles. The standard InChI is InChI=1S/C20H13BrClF3N2O/c1-27(19(28)14-6-4-7-15(18(14)21)20(23,24)25)17-11-26-10-9-13(17)12-5-2-3-8-16(12)22/h2-11H,1H3. The van der Waals surface area contributed by atoms with Crippen LogP contribution in [0, 0.1) is 0 Å². The molecule has 1 aromatic heterocycles. The number of benzene rings is 2. The van der Waals surface area contributed by atoms with E-state index in [0.29, 0.717) is 21.8 Å². The Morgan fingerprint density at radius 2 is 1.79 bits per heavy atom. The third kappa shape index (κ3) is 3.91. The molecule has 0 aliphatic rings. The molecule has 0 radical (unpaired) electrons. The molecule has 28 heavy (non-hydrogen) atoms. The third-order valence-electron chi connectivity index (χ3n) is 4.16. The van der Waals surface area contributed by atoms with E-state index < -0.39 is 17.6 Å². The molecule has 0 saturated carbocycles. The molecule has 0 bridgehead atoms. The number of carbonyl (C=O) groups is 1. The van der Waals surface area contributed by atoms with Gasteiger partial charge in [-0.05, 0) is 40.2 Å². The smallest absolute Gasteiger partial charge is 0.309 e. The maximum absolute atomic E-state index is 13.2. The van der Waals surface area contributed by atoms with Crippen molar-refractivity contribution in [2.45, 2.75) is 6.18 Å². The average Bonchev–Trinajstić information content (AvgIpc) is 2.66. The predicted molar refractivity (Wildman–Crippen MR) is 107 cm³/mol. The zero-order valence-corrected chi connectivity index (χ0v) is 16.8. The topological polar surface area (TPSA) is 33.2 Å². The van der Waals surface area contributed by atoms with Gasteiger partial charge in [0.15, 0.2) is 0 Å². The number of anilines is 1. The highest BCUT2D eigenvalue weighted by atomic mass is 79.9. The quantitative estimate of drug-likeness (QED) is 0.441. The van der Waals surface area contributed by atoms with Gasteiger partial charge >= 0.3 is 6.18 Å². The summed E-state index contributed by atoms with van der Waals surface area (Å²) in [6, 6.07) is 12.2. The van der Waals surface area contributed by atoms with E-state index in [2.05, 4.69) is 20.9 Å². The van der Waals surface area contributed by atoms with Crippen LogP contribution in [0.15, 0.2) is 65.4 Å². The van der Waals surface area contributed by atoms with Crippen LogP contribution < -0.4 is 4.90 Å². The summed E-state index contributed by atoms with van der Waals surface area (Å²) in [6.07, 6.45) is -1.55. The summed E-state index contributed by atoms with van der Waals surface area (Å²) in [7, 11) is 1.48. The van der Waals surface area contributed by atoms with E-state index in [-0.39, 0.29) is 10.0 Å². The number of nitrogens with zero attached hydrogens (tertiary/aromatic N) is 2. The van der Waals surface area contributed by atoms with Crippen molar-refractivity contribution in [2.24, 2.45) is 0 Å². The van der Waals surface area contributed by atoms with Gasteiger partial charge in [-0.2, -0.15) is 13.2 Å². The Balaban J connectivity index is 2.07. The Morgan fingerprint density at radius 3 is 2.46 bits per heavy atom. The van der Waals surface area contributed by atoms with Gasteiger partial charge in [0, 0.05) is 33.9 Å². The van der Waals surface area contributed by atoms with Crippen LogP contribution in [-0.4, -0.2) is 17.9 Å². The summed E-state index contributed by atoms with van der Waals surface area (Å²) in [5, 5.41) is 0.482. The Morgan fingerprint density at radius 1 is 1.07 bits per heavy atom. The molecule has 3 nitrogen and oxygen atoms in total. The first-order chi connectivity index (χ1) is 13.2. The fraction of sp³-hybridized carbons (Fsp3) is 0.100. The van der Waals surface area contributed by atoms with Gasteiger partial charge in [0.05, 0.1) is 23.0 Å². The van der Waals surface area contributed by atoms with E-state index in [4.69, 9.17) is 11.6 Å². The van der Waals surface area contributed by atoms with Crippen LogP contribution in [0.3, 0.4) is 0 Å². The lowest BCUT2D eigenvalue weighted by atomic mass is 10.0. The molecule has 1 amide bonds. The van der Waals surface area contributed by atoms with Crippen LogP contribution in [-0.2, 0) is 6.18 Å². The zero-order valence-electron chi connectivity index (χ0n) is 14.5. The molecule has 0 spiro atoms. The number of alkyl halides is 3. The molecular weight excluding hydrogens is 457 g/mol. The highest BCUT2D eigenvalue weighted by molar-refractivity contribution is 9.10. The Bertz CT molecular complexity index is 1040. The summed E-state index contributed by atoms with van der Waals surface area (Å²) >= 11 is 9.20. The zero-order chi connectivity index (χ0) is 20.5. The van der Waals surface area contributed by atoms with Gasteiger partial charge in [-0.3, -0.25) is 9.78 Å². The SMILES string of the molecule is CN(C(=O)c1cccc(C(F)(F)F)c1Br)c1cnccc1-c1ccccc1Cl. The van der Waals surface area contributed by atoms with E-state index in [1.807, 2.05) is 0 Å². The molecule has 0 N–H and O–H groups in total. The van der Waals surface area contributed by atoms with Crippen LogP contribution in [0.5, 0.6) is 0 Å². The van der Waals surface area contributed by atoms with Gasteiger partial charge < -0.3 is 4.90 Å². The van der Waals surface area contributed by atoms with Gasteiger partial charge in [-0.15, -0.1) is 0 Å². The number of aromatic nitrogens is 1. The largest absolute Gasteiger partial charge is 0.417 e. The predicted octanol–water partition coefficient (Wildman–Crippen LogP) is 6.46. The summed E-state index contributed by atoms with van der Waals surface area (Å²) in [6.45, 7) is 0. The van der Waals surface area contributed by atoms with E-state index >= 15 is 0 Å². The maximum Gasteiger partial charge on any atom is 0.417 e. The monoisotopic (exact) mass is 468 g/mol. The second-order valence-corrected chi connectivity index (χ2v) is 7.10. The van der Waals surface area contributed by atoms with Gasteiger partial charge in [0.2, 0.25) is 0 Å². The maximum atomic E-state index is 13.2. The minimum Gasteiger partial charge on any atom is -0.309 e. The van der Waals surface area contributed by atoms with Crippen LogP contribution in [0.1, 0.15) is 15.9 Å². The lowest BCUT2D eigenvalue weighted by molar-refractivity contribution is -0.138. The van der Waals surface area contributed by atoms with Crippen molar-refractivity contribution >= 4 is 39.1 Å². The van der Waals surface area contributed by atoms with Gasteiger partial charge in [0.1, 0.15) is 0 Å². The van der Waals surface area contributed by atoms with Gasteiger partial charge in [-0.1, -0.05) is 35.9 Å². The molecule has 3 aromatic rings. The molecule has 0 unspecified atom stereocenters. The van der Waals surface area contributed by atoms with Crippen LogP contribution >= 0.6 is 27.5 Å². The average molecular weight is 470 g/mol. The second kappa shape index (κ2) is 7.93. The summed E-state index contributed by atoms with van der Waals surface area (Å²) in [4.78, 5) is 18.3. The van der Waals surface area contributed by atoms with Crippen molar-refractivity contribution in [3.63, 3.8) is 0 Å². The normalized spacial score (nSPS) is 11.4. The van der Waals surface area contributed by atoms with Crippen molar-refractivity contribution in [3.05, 3.63) is 81.5 Å². The van der Waals surface area contributed by atoms with Crippen molar-refractivity contribution in [3.8, 4) is 11.1 Å². The van der Waals surface area contributed by atoms with Crippen LogP contribution in [0.25, 0.3) is 11.1 Å². The minimum absolute atomic E-state index is 0.105. The van der Waals surface area contributed by atoms with Crippen molar-refractivity contribution in [1.82, 2.24) is 4.98 Å². The van der Waals surface area contributed by atoms with E-state index in [1.54, 1.807) is 36.5 Å². The van der Waals surface area contributed by atoms with E-state index in [0.717, 1.165) is 6.07 Å². The molecule has 144 valence electrons. The third-order valence-corrected chi connectivity index (χ3v) is 5.35. The second-order valence-electron chi connectivity index (χ2n) is 5.90. The molecule has 8 heteroatoms. The number of hydrogen-bond donors (Lipinski definition) is 0. The molecule has 2 aromatic carbocycles. The molecule has 1 heterocycles. The van der Waals surface area contributed by atoms with Crippen LogP contribution in [0.2, 0.25) is 5.02 Å². The highest BCUT2D eigenvalue weighted by Crippen LogP contribution is 2.38. The number of halogens is 5.